The lowest BCUT2D eigenvalue weighted by atomic mass is 9.97. The molecule has 0 aliphatic carbocycles. The number of Topliss-reactive ketones (excluding diaryl/α,β-unsaturated/α-hetero) is 1. The Morgan fingerprint density at radius 2 is 1.76 bits per heavy atom. The van der Waals surface area contributed by atoms with Gasteiger partial charge in [-0.05, 0) is 5.56 Å². The maximum Gasteiger partial charge on any atom is 0.195 e. The van der Waals surface area contributed by atoms with Gasteiger partial charge < -0.3 is 20.1 Å². The van der Waals surface area contributed by atoms with E-state index in [0.29, 0.717) is 0 Å². The van der Waals surface area contributed by atoms with Crippen LogP contribution in [0.1, 0.15) is 21.5 Å². The van der Waals surface area contributed by atoms with Crippen molar-refractivity contribution in [2.75, 3.05) is 13.7 Å². The zero-order chi connectivity index (χ0) is 15.4. The minimum Gasteiger partial charge on any atom is -0.507 e. The van der Waals surface area contributed by atoms with Crippen molar-refractivity contribution in [3.63, 3.8) is 0 Å². The van der Waals surface area contributed by atoms with Crippen LogP contribution in [-0.2, 0) is 11.2 Å². The van der Waals surface area contributed by atoms with Gasteiger partial charge in [0, 0.05) is 25.2 Å². The average molecular weight is 288 g/mol. The minimum absolute atomic E-state index is 0.193. The van der Waals surface area contributed by atoms with Gasteiger partial charge in [-0.1, -0.05) is 30.3 Å². The molecule has 0 aromatic heterocycles. The molecule has 110 valence electrons. The lowest BCUT2D eigenvalue weighted by Gasteiger charge is -2.13. The first-order valence-corrected chi connectivity index (χ1v) is 6.37. The Morgan fingerprint density at radius 3 is 2.38 bits per heavy atom. The Balaban J connectivity index is 2.46. The minimum atomic E-state index is -0.554. The second-order valence-corrected chi connectivity index (χ2v) is 4.64. The third-order valence-electron chi connectivity index (χ3n) is 3.14. The first kappa shape index (κ1) is 14.9. The predicted molar refractivity (Wildman–Crippen MR) is 76.9 cm³/mol. The van der Waals surface area contributed by atoms with Crippen LogP contribution in [-0.4, -0.2) is 34.8 Å². The molecule has 2 rings (SSSR count). The molecule has 21 heavy (non-hydrogen) atoms. The fraction of sp³-hybridized carbons (Fsp3) is 0.188. The lowest BCUT2D eigenvalue weighted by Crippen LogP contribution is -2.09. The number of carbonyl (C=O) groups excluding carboxylic acids is 1. The molecular formula is C16H16O5. The van der Waals surface area contributed by atoms with Gasteiger partial charge in [0.2, 0.25) is 0 Å². The Hall–Kier alpha value is -2.53. The van der Waals surface area contributed by atoms with E-state index >= 15 is 0 Å². The molecule has 0 aliphatic heterocycles. The molecule has 0 amide bonds. The number of phenols is 3. The Bertz CT molecular complexity index is 649. The molecule has 0 fully saturated rings. The maximum absolute atomic E-state index is 11.9. The van der Waals surface area contributed by atoms with Crippen molar-refractivity contribution in [1.82, 2.24) is 0 Å². The van der Waals surface area contributed by atoms with E-state index in [1.54, 1.807) is 0 Å². The number of aromatic hydroxyl groups is 3. The number of benzene rings is 2. The van der Waals surface area contributed by atoms with Gasteiger partial charge >= 0.3 is 0 Å². The van der Waals surface area contributed by atoms with Gasteiger partial charge in [0.15, 0.2) is 5.78 Å². The van der Waals surface area contributed by atoms with Crippen molar-refractivity contribution in [3.8, 4) is 17.2 Å². The van der Waals surface area contributed by atoms with Crippen molar-refractivity contribution in [2.24, 2.45) is 0 Å². The molecule has 0 atom stereocenters. The summed E-state index contributed by atoms with van der Waals surface area (Å²) in [7, 11) is 1.34. The van der Waals surface area contributed by atoms with Crippen LogP contribution in [0, 0.1) is 0 Å². The third kappa shape index (κ3) is 3.14. The van der Waals surface area contributed by atoms with Crippen LogP contribution >= 0.6 is 0 Å². The fourth-order valence-electron chi connectivity index (χ4n) is 2.13. The predicted octanol–water partition coefficient (Wildman–Crippen LogP) is 2.22. The second-order valence-electron chi connectivity index (χ2n) is 4.64. The number of ether oxygens (including phenoxy) is 1. The summed E-state index contributed by atoms with van der Waals surface area (Å²) in [6, 6.07) is 10.3. The van der Waals surface area contributed by atoms with Gasteiger partial charge in [0.05, 0.1) is 0 Å². The highest BCUT2D eigenvalue weighted by Gasteiger charge is 2.22. The summed E-state index contributed by atoms with van der Waals surface area (Å²) in [5.74, 6) is -1.70. The van der Waals surface area contributed by atoms with Crippen molar-refractivity contribution in [3.05, 3.63) is 53.1 Å². The van der Waals surface area contributed by atoms with Crippen LogP contribution in [0.25, 0.3) is 0 Å². The first-order chi connectivity index (χ1) is 10.0. The summed E-state index contributed by atoms with van der Waals surface area (Å²) in [6.45, 7) is -0.267. The molecule has 0 radical (unpaired) electrons. The van der Waals surface area contributed by atoms with E-state index in [0.717, 1.165) is 11.6 Å². The average Bonchev–Trinajstić information content (AvgIpc) is 2.44. The number of carbonyl (C=O) groups is 1. The fourth-order valence-corrected chi connectivity index (χ4v) is 2.13. The van der Waals surface area contributed by atoms with Gasteiger partial charge in [-0.3, -0.25) is 4.79 Å². The SMILES string of the molecule is COCC(=O)c1c(O)cc(O)c(Cc2ccccc2)c1O. The number of ketones is 1. The summed E-state index contributed by atoms with van der Waals surface area (Å²) in [4.78, 5) is 11.9. The summed E-state index contributed by atoms with van der Waals surface area (Å²) < 4.78 is 4.72. The third-order valence-corrected chi connectivity index (χ3v) is 3.14. The van der Waals surface area contributed by atoms with Crippen molar-refractivity contribution >= 4 is 5.78 Å². The summed E-state index contributed by atoms with van der Waals surface area (Å²) in [6.07, 6.45) is 0.242. The molecule has 0 spiro atoms. The summed E-state index contributed by atoms with van der Waals surface area (Å²) in [5.41, 5.74) is 0.818. The number of hydrogen-bond acceptors (Lipinski definition) is 5. The summed E-state index contributed by atoms with van der Waals surface area (Å²) in [5, 5.41) is 29.9. The van der Waals surface area contributed by atoms with Crippen molar-refractivity contribution in [2.45, 2.75) is 6.42 Å². The van der Waals surface area contributed by atoms with Crippen LogP contribution < -0.4 is 0 Å². The van der Waals surface area contributed by atoms with Crippen molar-refractivity contribution in [1.29, 1.82) is 0 Å². The molecule has 5 heteroatoms. The highest BCUT2D eigenvalue weighted by atomic mass is 16.5. The highest BCUT2D eigenvalue weighted by Crippen LogP contribution is 2.38. The van der Waals surface area contributed by atoms with Gasteiger partial charge in [0.25, 0.3) is 0 Å². The van der Waals surface area contributed by atoms with Gasteiger partial charge in [0.1, 0.15) is 29.4 Å². The molecular weight excluding hydrogens is 272 g/mol. The van der Waals surface area contributed by atoms with Crippen LogP contribution in [0.3, 0.4) is 0 Å². The standard InChI is InChI=1S/C16H16O5/c1-21-9-14(19)15-13(18)8-12(17)11(16(15)20)7-10-5-3-2-4-6-10/h2-6,8,17-18,20H,7,9H2,1H3. The van der Waals surface area contributed by atoms with Crippen LogP contribution in [0.5, 0.6) is 17.2 Å². The van der Waals surface area contributed by atoms with Crippen LogP contribution in [0.2, 0.25) is 0 Å². The smallest absolute Gasteiger partial charge is 0.195 e. The Kier molecular flexibility index (Phi) is 4.45. The molecule has 2 aromatic rings. The van der Waals surface area contributed by atoms with Gasteiger partial charge in [-0.15, -0.1) is 0 Å². The largest absolute Gasteiger partial charge is 0.507 e. The maximum atomic E-state index is 11.9. The number of phenolic OH excluding ortho intramolecular Hbond substituents is 3. The molecule has 0 saturated heterocycles. The number of methoxy groups -OCH3 is 1. The van der Waals surface area contributed by atoms with E-state index in [4.69, 9.17) is 4.74 Å². The molecule has 0 bridgehead atoms. The quantitative estimate of drug-likeness (QED) is 0.734. The van der Waals surface area contributed by atoms with Crippen molar-refractivity contribution < 1.29 is 24.9 Å². The molecule has 0 heterocycles. The van der Waals surface area contributed by atoms with E-state index in [-0.39, 0.29) is 29.9 Å². The highest BCUT2D eigenvalue weighted by molar-refractivity contribution is 6.02. The first-order valence-electron chi connectivity index (χ1n) is 6.37. The van der Waals surface area contributed by atoms with Gasteiger partial charge in [-0.2, -0.15) is 0 Å². The van der Waals surface area contributed by atoms with E-state index in [2.05, 4.69) is 0 Å². The molecule has 0 saturated carbocycles. The normalized spacial score (nSPS) is 10.5. The molecule has 2 aromatic carbocycles. The van der Waals surface area contributed by atoms with E-state index in [9.17, 15) is 20.1 Å². The van der Waals surface area contributed by atoms with E-state index < -0.39 is 17.3 Å². The van der Waals surface area contributed by atoms with E-state index in [1.165, 1.54) is 7.11 Å². The molecule has 0 unspecified atom stereocenters. The Morgan fingerprint density at radius 1 is 1.10 bits per heavy atom. The number of hydrogen-bond donors (Lipinski definition) is 3. The number of rotatable bonds is 5. The molecule has 3 N–H and O–H groups in total. The van der Waals surface area contributed by atoms with Gasteiger partial charge in [-0.25, -0.2) is 0 Å². The molecule has 5 nitrogen and oxygen atoms in total. The topological polar surface area (TPSA) is 87.0 Å². The zero-order valence-electron chi connectivity index (χ0n) is 11.5. The van der Waals surface area contributed by atoms with Crippen LogP contribution in [0.4, 0.5) is 0 Å². The summed E-state index contributed by atoms with van der Waals surface area (Å²) >= 11 is 0. The lowest BCUT2D eigenvalue weighted by molar-refractivity contribution is 0.0842. The second kappa shape index (κ2) is 6.28. The molecule has 0 aliphatic rings. The van der Waals surface area contributed by atoms with E-state index in [1.807, 2.05) is 30.3 Å². The van der Waals surface area contributed by atoms with Crippen LogP contribution in [0.15, 0.2) is 36.4 Å². The zero-order valence-corrected chi connectivity index (χ0v) is 11.5. The monoisotopic (exact) mass is 288 g/mol. The Labute approximate surface area is 122 Å².